The molecule has 0 saturated heterocycles. The Morgan fingerprint density at radius 2 is 2.08 bits per heavy atom. The lowest BCUT2D eigenvalue weighted by molar-refractivity contribution is 0.936. The Bertz CT molecular complexity index is 336. The van der Waals surface area contributed by atoms with Crippen LogP contribution in [0.15, 0.2) is 24.3 Å². The summed E-state index contributed by atoms with van der Waals surface area (Å²) in [6.07, 6.45) is 1.29. The van der Waals surface area contributed by atoms with E-state index in [2.05, 4.69) is 34.1 Å². The number of alkyl halides is 1. The lowest BCUT2D eigenvalue weighted by Gasteiger charge is -1.97. The first kappa shape index (κ1) is 8.77. The lowest BCUT2D eigenvalue weighted by Crippen LogP contribution is -1.84. The van der Waals surface area contributed by atoms with Crippen LogP contribution in [-0.2, 0) is 0 Å². The van der Waals surface area contributed by atoms with E-state index in [1.165, 1.54) is 12.0 Å². The first-order chi connectivity index (χ1) is 6.35. The van der Waals surface area contributed by atoms with Crippen LogP contribution in [0.3, 0.4) is 0 Å². The Morgan fingerprint density at radius 1 is 1.38 bits per heavy atom. The number of nitriles is 1. The number of hydrogen-bond donors (Lipinski definition) is 0. The van der Waals surface area contributed by atoms with Gasteiger partial charge in [0.2, 0.25) is 0 Å². The smallest absolute Gasteiger partial charge is 0.0991 e. The molecular weight excluding hydrogens is 226 g/mol. The maximum atomic E-state index is 8.62. The third-order valence-corrected chi connectivity index (χ3v) is 3.42. The van der Waals surface area contributed by atoms with Crippen LogP contribution in [0.25, 0.3) is 0 Å². The number of nitrogens with zero attached hydrogens (tertiary/aromatic N) is 1. The summed E-state index contributed by atoms with van der Waals surface area (Å²) in [7, 11) is 0. The average Bonchev–Trinajstić information content (AvgIpc) is 2.97. The highest BCUT2D eigenvalue weighted by molar-refractivity contribution is 9.09. The summed E-state index contributed by atoms with van der Waals surface area (Å²) in [5.74, 6) is 1.54. The Hall–Kier alpha value is -0.810. The molecule has 2 heteroatoms. The summed E-state index contributed by atoms with van der Waals surface area (Å²) in [6, 6.07) is 10.1. The molecule has 2 unspecified atom stereocenters. The minimum absolute atomic E-state index is 0.729. The van der Waals surface area contributed by atoms with Gasteiger partial charge in [-0.25, -0.2) is 0 Å². The van der Waals surface area contributed by atoms with Gasteiger partial charge in [0.25, 0.3) is 0 Å². The van der Waals surface area contributed by atoms with Gasteiger partial charge in [-0.05, 0) is 36.0 Å². The Balaban J connectivity index is 2.12. The van der Waals surface area contributed by atoms with E-state index in [1.54, 1.807) is 0 Å². The van der Waals surface area contributed by atoms with Crippen LogP contribution >= 0.6 is 15.9 Å². The predicted octanol–water partition coefficient (Wildman–Crippen LogP) is 3.06. The molecule has 1 aromatic carbocycles. The van der Waals surface area contributed by atoms with E-state index in [0.717, 1.165) is 22.7 Å². The summed E-state index contributed by atoms with van der Waals surface area (Å²) in [5.41, 5.74) is 2.13. The highest BCUT2D eigenvalue weighted by Crippen LogP contribution is 2.48. The zero-order valence-electron chi connectivity index (χ0n) is 7.20. The second-order valence-corrected chi connectivity index (χ2v) is 4.14. The van der Waals surface area contributed by atoms with Gasteiger partial charge in [0.05, 0.1) is 11.6 Å². The number of rotatable bonds is 2. The molecular formula is C11H10BrN. The molecule has 1 aliphatic carbocycles. The van der Waals surface area contributed by atoms with Gasteiger partial charge in [-0.15, -0.1) is 0 Å². The fraction of sp³-hybridized carbons (Fsp3) is 0.364. The van der Waals surface area contributed by atoms with Crippen molar-refractivity contribution in [3.05, 3.63) is 35.4 Å². The monoisotopic (exact) mass is 235 g/mol. The number of benzene rings is 1. The molecule has 0 bridgehead atoms. The molecule has 66 valence electrons. The van der Waals surface area contributed by atoms with E-state index in [1.807, 2.05) is 12.1 Å². The molecule has 1 saturated carbocycles. The quantitative estimate of drug-likeness (QED) is 0.724. The van der Waals surface area contributed by atoms with Crippen LogP contribution in [-0.4, -0.2) is 5.33 Å². The third kappa shape index (κ3) is 1.76. The van der Waals surface area contributed by atoms with Crippen molar-refractivity contribution in [2.24, 2.45) is 5.92 Å². The van der Waals surface area contributed by atoms with E-state index >= 15 is 0 Å². The van der Waals surface area contributed by atoms with Crippen LogP contribution < -0.4 is 0 Å². The van der Waals surface area contributed by atoms with Gasteiger partial charge in [-0.1, -0.05) is 28.1 Å². The van der Waals surface area contributed by atoms with Crippen molar-refractivity contribution >= 4 is 15.9 Å². The first-order valence-electron chi connectivity index (χ1n) is 4.41. The van der Waals surface area contributed by atoms with Crippen LogP contribution in [0.2, 0.25) is 0 Å². The summed E-state index contributed by atoms with van der Waals surface area (Å²) < 4.78 is 0. The second kappa shape index (κ2) is 3.51. The number of hydrogen-bond acceptors (Lipinski definition) is 1. The Kier molecular flexibility index (Phi) is 2.37. The summed E-state index contributed by atoms with van der Waals surface area (Å²) >= 11 is 3.49. The second-order valence-electron chi connectivity index (χ2n) is 3.49. The predicted molar refractivity (Wildman–Crippen MR) is 55.8 cm³/mol. The SMILES string of the molecule is N#Cc1ccc(C2CC2CBr)cc1. The van der Waals surface area contributed by atoms with Crippen LogP contribution in [0, 0.1) is 17.2 Å². The largest absolute Gasteiger partial charge is 0.192 e. The molecule has 0 amide bonds. The maximum Gasteiger partial charge on any atom is 0.0991 e. The van der Waals surface area contributed by atoms with Crippen LogP contribution in [0.1, 0.15) is 23.5 Å². The van der Waals surface area contributed by atoms with Crippen molar-refractivity contribution in [3.8, 4) is 6.07 Å². The summed E-state index contributed by atoms with van der Waals surface area (Å²) in [5, 5.41) is 9.72. The molecule has 1 aromatic rings. The summed E-state index contributed by atoms with van der Waals surface area (Å²) in [4.78, 5) is 0. The fourth-order valence-corrected chi connectivity index (χ4v) is 2.35. The van der Waals surface area contributed by atoms with Gasteiger partial charge in [0.15, 0.2) is 0 Å². The highest BCUT2D eigenvalue weighted by atomic mass is 79.9. The minimum Gasteiger partial charge on any atom is -0.192 e. The zero-order chi connectivity index (χ0) is 9.26. The first-order valence-corrected chi connectivity index (χ1v) is 5.53. The summed E-state index contributed by atoms with van der Waals surface area (Å²) in [6.45, 7) is 0. The normalized spacial score (nSPS) is 25.2. The molecule has 1 fully saturated rings. The molecule has 13 heavy (non-hydrogen) atoms. The third-order valence-electron chi connectivity index (χ3n) is 2.59. The maximum absolute atomic E-state index is 8.62. The number of halogens is 1. The molecule has 0 spiro atoms. The zero-order valence-corrected chi connectivity index (χ0v) is 8.79. The van der Waals surface area contributed by atoms with Crippen molar-refractivity contribution < 1.29 is 0 Å². The molecule has 0 N–H and O–H groups in total. The lowest BCUT2D eigenvalue weighted by atomic mass is 10.1. The minimum atomic E-state index is 0.729. The molecule has 0 aliphatic heterocycles. The van der Waals surface area contributed by atoms with Crippen molar-refractivity contribution in [2.75, 3.05) is 5.33 Å². The van der Waals surface area contributed by atoms with E-state index in [0.29, 0.717) is 0 Å². The molecule has 0 radical (unpaired) electrons. The molecule has 1 aliphatic rings. The van der Waals surface area contributed by atoms with Crippen molar-refractivity contribution in [1.82, 2.24) is 0 Å². The van der Waals surface area contributed by atoms with Crippen LogP contribution in [0.4, 0.5) is 0 Å². The van der Waals surface area contributed by atoms with Gasteiger partial charge < -0.3 is 0 Å². The fourth-order valence-electron chi connectivity index (χ4n) is 1.63. The van der Waals surface area contributed by atoms with Gasteiger partial charge >= 0.3 is 0 Å². The van der Waals surface area contributed by atoms with E-state index in [4.69, 9.17) is 5.26 Å². The van der Waals surface area contributed by atoms with Crippen LogP contribution in [0.5, 0.6) is 0 Å². The highest BCUT2D eigenvalue weighted by Gasteiger charge is 2.36. The molecule has 2 rings (SSSR count). The van der Waals surface area contributed by atoms with E-state index in [-0.39, 0.29) is 0 Å². The van der Waals surface area contributed by atoms with Gasteiger partial charge in [0.1, 0.15) is 0 Å². The van der Waals surface area contributed by atoms with Crippen molar-refractivity contribution in [3.63, 3.8) is 0 Å². The Morgan fingerprint density at radius 3 is 2.54 bits per heavy atom. The van der Waals surface area contributed by atoms with Gasteiger partial charge in [0, 0.05) is 5.33 Å². The standard InChI is InChI=1S/C11H10BrN/c12-6-10-5-11(10)9-3-1-8(7-13)2-4-9/h1-4,10-11H,5-6H2. The molecule has 2 atom stereocenters. The Labute approximate surface area is 86.5 Å². The average molecular weight is 236 g/mol. The van der Waals surface area contributed by atoms with Gasteiger partial charge in [-0.2, -0.15) is 5.26 Å². The van der Waals surface area contributed by atoms with Crippen molar-refractivity contribution in [2.45, 2.75) is 12.3 Å². The van der Waals surface area contributed by atoms with E-state index < -0.39 is 0 Å². The molecule has 1 nitrogen and oxygen atoms in total. The molecule has 0 aromatic heterocycles. The van der Waals surface area contributed by atoms with Crippen molar-refractivity contribution in [1.29, 1.82) is 5.26 Å². The molecule has 0 heterocycles. The van der Waals surface area contributed by atoms with Gasteiger partial charge in [-0.3, -0.25) is 0 Å². The van der Waals surface area contributed by atoms with E-state index in [9.17, 15) is 0 Å². The topological polar surface area (TPSA) is 23.8 Å².